The maximum atomic E-state index is 8.75. The molecular weight excluding hydrogens is 190 g/mol. The summed E-state index contributed by atoms with van der Waals surface area (Å²) < 4.78 is 5.74. The van der Waals surface area contributed by atoms with Crippen LogP contribution in [0.4, 0.5) is 0 Å². The maximum Gasteiger partial charge on any atom is 0.232 e. The van der Waals surface area contributed by atoms with Crippen molar-refractivity contribution in [2.75, 3.05) is 0 Å². The molecule has 1 aliphatic heterocycles. The molecule has 78 valence electrons. The summed E-state index contributed by atoms with van der Waals surface area (Å²) in [6.07, 6.45) is 3.64. The van der Waals surface area contributed by atoms with Crippen molar-refractivity contribution >= 4 is 0 Å². The number of fused-ring (bicyclic) bond motifs is 1. The summed E-state index contributed by atoms with van der Waals surface area (Å²) in [5.74, 6) is 0.224. The van der Waals surface area contributed by atoms with Gasteiger partial charge in [-0.15, -0.1) is 0 Å². The Balaban J connectivity index is 2.44. The Morgan fingerprint density at radius 2 is 2.47 bits per heavy atom. The van der Waals surface area contributed by atoms with E-state index < -0.39 is 0 Å². The SMILES string of the molecule is CCCC1(C)OCc2cnc(C#N)nc21. The molecule has 0 amide bonds. The number of hydrogen-bond acceptors (Lipinski definition) is 4. The summed E-state index contributed by atoms with van der Waals surface area (Å²) in [5.41, 5.74) is 1.55. The first-order valence-corrected chi connectivity index (χ1v) is 5.10. The molecule has 1 atom stereocenters. The van der Waals surface area contributed by atoms with E-state index in [1.165, 1.54) is 0 Å². The van der Waals surface area contributed by atoms with E-state index in [0.29, 0.717) is 6.61 Å². The van der Waals surface area contributed by atoms with Crippen LogP contribution in [0.1, 0.15) is 43.8 Å². The van der Waals surface area contributed by atoms with Gasteiger partial charge in [0.25, 0.3) is 0 Å². The minimum absolute atomic E-state index is 0.224. The van der Waals surface area contributed by atoms with E-state index in [2.05, 4.69) is 16.9 Å². The quantitative estimate of drug-likeness (QED) is 0.736. The summed E-state index contributed by atoms with van der Waals surface area (Å²) in [6.45, 7) is 4.69. The first kappa shape index (κ1) is 10.1. The van der Waals surface area contributed by atoms with Crippen molar-refractivity contribution in [1.82, 2.24) is 9.97 Å². The van der Waals surface area contributed by atoms with Gasteiger partial charge in [-0.25, -0.2) is 9.97 Å². The van der Waals surface area contributed by atoms with E-state index >= 15 is 0 Å². The van der Waals surface area contributed by atoms with Crippen molar-refractivity contribution in [1.29, 1.82) is 5.26 Å². The minimum Gasteiger partial charge on any atom is -0.364 e. The van der Waals surface area contributed by atoms with E-state index in [4.69, 9.17) is 10.00 Å². The van der Waals surface area contributed by atoms with Crippen molar-refractivity contribution in [2.45, 2.75) is 38.9 Å². The molecule has 0 saturated carbocycles. The molecule has 0 aromatic carbocycles. The lowest BCUT2D eigenvalue weighted by Gasteiger charge is -2.22. The van der Waals surface area contributed by atoms with Gasteiger partial charge in [0.15, 0.2) is 0 Å². The van der Waals surface area contributed by atoms with Crippen molar-refractivity contribution in [3.05, 3.63) is 23.3 Å². The van der Waals surface area contributed by atoms with Crippen LogP contribution in [0.5, 0.6) is 0 Å². The Morgan fingerprint density at radius 3 is 3.13 bits per heavy atom. The van der Waals surface area contributed by atoms with Gasteiger partial charge < -0.3 is 4.74 Å². The van der Waals surface area contributed by atoms with E-state index in [1.54, 1.807) is 6.20 Å². The van der Waals surface area contributed by atoms with E-state index in [-0.39, 0.29) is 11.4 Å². The lowest BCUT2D eigenvalue weighted by atomic mass is 9.95. The molecule has 0 N–H and O–H groups in total. The van der Waals surface area contributed by atoms with Crippen LogP contribution in [0, 0.1) is 11.3 Å². The number of nitrogens with zero attached hydrogens (tertiary/aromatic N) is 3. The van der Waals surface area contributed by atoms with Gasteiger partial charge >= 0.3 is 0 Å². The Hall–Kier alpha value is -1.47. The third kappa shape index (κ3) is 1.59. The molecule has 0 saturated heterocycles. The molecule has 1 unspecified atom stereocenters. The van der Waals surface area contributed by atoms with Crippen LogP contribution < -0.4 is 0 Å². The molecule has 4 nitrogen and oxygen atoms in total. The Morgan fingerprint density at radius 1 is 1.67 bits per heavy atom. The first-order chi connectivity index (χ1) is 7.19. The molecule has 2 rings (SSSR count). The second-order valence-electron chi connectivity index (χ2n) is 3.95. The number of rotatable bonds is 2. The summed E-state index contributed by atoms with van der Waals surface area (Å²) in [6, 6.07) is 1.96. The van der Waals surface area contributed by atoms with Gasteiger partial charge in [-0.05, 0) is 13.3 Å². The van der Waals surface area contributed by atoms with Gasteiger partial charge in [0, 0.05) is 11.8 Å². The molecule has 1 aromatic rings. The highest BCUT2D eigenvalue weighted by atomic mass is 16.5. The second-order valence-corrected chi connectivity index (χ2v) is 3.95. The minimum atomic E-state index is -0.335. The molecule has 0 bridgehead atoms. The predicted octanol–water partition coefficient (Wildman–Crippen LogP) is 1.89. The zero-order valence-electron chi connectivity index (χ0n) is 8.95. The van der Waals surface area contributed by atoms with Crippen LogP contribution in [0.15, 0.2) is 6.20 Å². The number of aromatic nitrogens is 2. The summed E-state index contributed by atoms with van der Waals surface area (Å²) in [7, 11) is 0. The van der Waals surface area contributed by atoms with Crippen LogP contribution in [-0.2, 0) is 16.9 Å². The van der Waals surface area contributed by atoms with Crippen molar-refractivity contribution < 1.29 is 4.74 Å². The monoisotopic (exact) mass is 203 g/mol. The van der Waals surface area contributed by atoms with Crippen LogP contribution in [0.2, 0.25) is 0 Å². The molecule has 4 heteroatoms. The fourth-order valence-electron chi connectivity index (χ4n) is 2.00. The molecule has 0 spiro atoms. The summed E-state index contributed by atoms with van der Waals surface area (Å²) >= 11 is 0. The highest BCUT2D eigenvalue weighted by Gasteiger charge is 2.36. The van der Waals surface area contributed by atoms with Gasteiger partial charge in [-0.3, -0.25) is 0 Å². The van der Waals surface area contributed by atoms with Crippen molar-refractivity contribution in [2.24, 2.45) is 0 Å². The summed E-state index contributed by atoms with van der Waals surface area (Å²) in [5, 5.41) is 8.75. The van der Waals surface area contributed by atoms with Crippen LogP contribution in [-0.4, -0.2) is 9.97 Å². The lowest BCUT2D eigenvalue weighted by molar-refractivity contribution is -0.0322. The first-order valence-electron chi connectivity index (χ1n) is 5.10. The molecule has 0 fully saturated rings. The molecule has 1 aliphatic rings. The number of ether oxygens (including phenoxy) is 1. The molecule has 1 aromatic heterocycles. The Bertz CT molecular complexity index is 420. The number of hydrogen-bond donors (Lipinski definition) is 0. The molecule has 15 heavy (non-hydrogen) atoms. The van der Waals surface area contributed by atoms with Gasteiger partial charge in [-0.1, -0.05) is 13.3 Å². The number of nitriles is 1. The molecule has 2 heterocycles. The maximum absolute atomic E-state index is 8.75. The standard InChI is InChI=1S/C11H13N3O/c1-3-4-11(2)10-8(7-15-11)6-13-9(5-12)14-10/h6H,3-4,7H2,1-2H3. The normalized spacial score (nSPS) is 23.5. The fraction of sp³-hybridized carbons (Fsp3) is 0.545. The topological polar surface area (TPSA) is 58.8 Å². The molecule has 0 radical (unpaired) electrons. The second kappa shape index (κ2) is 3.59. The smallest absolute Gasteiger partial charge is 0.232 e. The largest absolute Gasteiger partial charge is 0.364 e. The van der Waals surface area contributed by atoms with Crippen LogP contribution in [0.25, 0.3) is 0 Å². The summed E-state index contributed by atoms with van der Waals surface area (Å²) in [4.78, 5) is 8.19. The zero-order valence-corrected chi connectivity index (χ0v) is 8.95. The Labute approximate surface area is 88.9 Å². The van der Waals surface area contributed by atoms with Crippen molar-refractivity contribution in [3.8, 4) is 6.07 Å². The van der Waals surface area contributed by atoms with Crippen LogP contribution >= 0.6 is 0 Å². The highest BCUT2D eigenvalue weighted by molar-refractivity contribution is 5.29. The van der Waals surface area contributed by atoms with Gasteiger partial charge in [0.2, 0.25) is 5.82 Å². The van der Waals surface area contributed by atoms with Gasteiger partial charge in [0.05, 0.1) is 12.3 Å². The predicted molar refractivity (Wildman–Crippen MR) is 53.8 cm³/mol. The zero-order chi connectivity index (χ0) is 10.9. The van der Waals surface area contributed by atoms with E-state index in [1.807, 2.05) is 13.0 Å². The fourth-order valence-corrected chi connectivity index (χ4v) is 2.00. The average molecular weight is 203 g/mol. The molecular formula is C11H13N3O. The molecule has 0 aliphatic carbocycles. The third-order valence-corrected chi connectivity index (χ3v) is 2.74. The van der Waals surface area contributed by atoms with Crippen molar-refractivity contribution in [3.63, 3.8) is 0 Å². The van der Waals surface area contributed by atoms with Gasteiger partial charge in [0.1, 0.15) is 11.7 Å². The van der Waals surface area contributed by atoms with E-state index in [0.717, 1.165) is 24.1 Å². The van der Waals surface area contributed by atoms with E-state index in [9.17, 15) is 0 Å². The van der Waals surface area contributed by atoms with Gasteiger partial charge in [-0.2, -0.15) is 5.26 Å². The average Bonchev–Trinajstić information content (AvgIpc) is 2.57. The highest BCUT2D eigenvalue weighted by Crippen LogP contribution is 2.37. The third-order valence-electron chi connectivity index (χ3n) is 2.74. The lowest BCUT2D eigenvalue weighted by Crippen LogP contribution is -2.22. The Kier molecular flexibility index (Phi) is 2.41. The van der Waals surface area contributed by atoms with Crippen LogP contribution in [0.3, 0.4) is 0 Å².